The van der Waals surface area contributed by atoms with Crippen LogP contribution in [0.2, 0.25) is 5.02 Å². The second-order valence-corrected chi connectivity index (χ2v) is 4.57. The minimum atomic E-state index is -0.411. The van der Waals surface area contributed by atoms with Gasteiger partial charge in [-0.3, -0.25) is 4.79 Å². The molecule has 0 fully saturated rings. The number of nitrogens with zero attached hydrogens (tertiary/aromatic N) is 1. The molecule has 0 saturated heterocycles. The molecule has 2 rings (SSSR count). The second-order valence-electron chi connectivity index (χ2n) is 4.14. The van der Waals surface area contributed by atoms with E-state index >= 15 is 0 Å². The zero-order valence-electron chi connectivity index (χ0n) is 11.4. The summed E-state index contributed by atoms with van der Waals surface area (Å²) in [5.74, 6) is 0.196. The summed E-state index contributed by atoms with van der Waals surface area (Å²) < 4.78 is 10.0. The number of furan rings is 1. The standard InChI is InChI=1S/C14H13ClN2O4/c1-8-11(3-4-21-8)14(19)17-16-7-9-5-10(15)6-12(20-2)13(9)18/h3-7,18H,1-2H3,(H,17,19). The number of hydrogen-bond acceptors (Lipinski definition) is 5. The molecule has 0 spiro atoms. The largest absolute Gasteiger partial charge is 0.504 e. The van der Waals surface area contributed by atoms with Gasteiger partial charge in [0, 0.05) is 16.7 Å². The first-order valence-corrected chi connectivity index (χ1v) is 6.34. The Hall–Kier alpha value is -2.47. The fraction of sp³-hybridized carbons (Fsp3) is 0.143. The number of nitrogens with one attached hydrogen (secondary N) is 1. The first-order chi connectivity index (χ1) is 10.0. The van der Waals surface area contributed by atoms with E-state index in [0.717, 1.165) is 0 Å². The van der Waals surface area contributed by atoms with E-state index in [1.165, 1.54) is 31.7 Å². The molecule has 2 aromatic rings. The Morgan fingerprint density at radius 2 is 2.29 bits per heavy atom. The first-order valence-electron chi connectivity index (χ1n) is 5.97. The van der Waals surface area contributed by atoms with Gasteiger partial charge in [0.1, 0.15) is 5.76 Å². The molecule has 110 valence electrons. The van der Waals surface area contributed by atoms with Crippen molar-refractivity contribution in [2.75, 3.05) is 7.11 Å². The third-order valence-electron chi connectivity index (χ3n) is 2.76. The Morgan fingerprint density at radius 3 is 2.90 bits per heavy atom. The van der Waals surface area contributed by atoms with Crippen molar-refractivity contribution in [1.29, 1.82) is 0 Å². The predicted molar refractivity (Wildman–Crippen MR) is 78.2 cm³/mol. The van der Waals surface area contributed by atoms with Crippen LogP contribution < -0.4 is 10.2 Å². The third kappa shape index (κ3) is 3.35. The smallest absolute Gasteiger partial charge is 0.274 e. The molecule has 0 aliphatic rings. The van der Waals surface area contributed by atoms with Gasteiger partial charge < -0.3 is 14.3 Å². The van der Waals surface area contributed by atoms with Gasteiger partial charge in [0.15, 0.2) is 11.5 Å². The van der Waals surface area contributed by atoms with Crippen molar-refractivity contribution < 1.29 is 19.1 Å². The minimum absolute atomic E-state index is 0.112. The van der Waals surface area contributed by atoms with Crippen LogP contribution in [-0.2, 0) is 0 Å². The summed E-state index contributed by atoms with van der Waals surface area (Å²) in [4.78, 5) is 11.8. The van der Waals surface area contributed by atoms with Crippen molar-refractivity contribution in [2.45, 2.75) is 6.92 Å². The molecule has 0 aliphatic heterocycles. The van der Waals surface area contributed by atoms with Gasteiger partial charge in [-0.25, -0.2) is 5.43 Å². The van der Waals surface area contributed by atoms with Crippen LogP contribution >= 0.6 is 11.6 Å². The van der Waals surface area contributed by atoms with Gasteiger partial charge >= 0.3 is 0 Å². The number of benzene rings is 1. The number of aryl methyl sites for hydroxylation is 1. The molecule has 6 nitrogen and oxygen atoms in total. The van der Waals surface area contributed by atoms with E-state index in [2.05, 4.69) is 10.5 Å². The van der Waals surface area contributed by atoms with Crippen molar-refractivity contribution in [3.8, 4) is 11.5 Å². The topological polar surface area (TPSA) is 84.1 Å². The average Bonchev–Trinajstić information content (AvgIpc) is 2.88. The zero-order chi connectivity index (χ0) is 15.4. The molecule has 2 N–H and O–H groups in total. The summed E-state index contributed by atoms with van der Waals surface area (Å²) in [7, 11) is 1.41. The van der Waals surface area contributed by atoms with Crippen LogP contribution in [-0.4, -0.2) is 24.3 Å². The summed E-state index contributed by atoms with van der Waals surface area (Å²) in [5.41, 5.74) is 3.05. The number of amides is 1. The highest BCUT2D eigenvalue weighted by molar-refractivity contribution is 6.31. The SMILES string of the molecule is COc1cc(Cl)cc(C=NNC(=O)c2ccoc2C)c1O. The number of hydrogen-bond donors (Lipinski definition) is 2. The molecule has 0 aliphatic carbocycles. The number of carbonyl (C=O) groups excluding carboxylic acids is 1. The number of ether oxygens (including phenoxy) is 1. The molecule has 0 saturated carbocycles. The third-order valence-corrected chi connectivity index (χ3v) is 2.98. The number of hydrazone groups is 1. The molecule has 0 unspecified atom stereocenters. The van der Waals surface area contributed by atoms with Crippen LogP contribution in [0.1, 0.15) is 21.7 Å². The normalized spacial score (nSPS) is 10.8. The number of aromatic hydroxyl groups is 1. The van der Waals surface area contributed by atoms with Crippen LogP contribution in [0.4, 0.5) is 0 Å². The van der Waals surface area contributed by atoms with Crippen LogP contribution in [0.15, 0.2) is 34.0 Å². The van der Waals surface area contributed by atoms with Crippen LogP contribution in [0.3, 0.4) is 0 Å². The second kappa shape index (κ2) is 6.32. The highest BCUT2D eigenvalue weighted by Crippen LogP contribution is 2.32. The number of halogens is 1. The number of carbonyl (C=O) groups is 1. The summed E-state index contributed by atoms with van der Waals surface area (Å²) in [6.07, 6.45) is 2.69. The summed E-state index contributed by atoms with van der Waals surface area (Å²) in [5, 5.41) is 14.1. The Labute approximate surface area is 126 Å². The van der Waals surface area contributed by atoms with Gasteiger partial charge in [-0.2, -0.15) is 5.10 Å². The Bertz CT molecular complexity index is 694. The van der Waals surface area contributed by atoms with Gasteiger partial charge in [-0.1, -0.05) is 11.6 Å². The van der Waals surface area contributed by atoms with E-state index < -0.39 is 5.91 Å². The highest BCUT2D eigenvalue weighted by atomic mass is 35.5. The van der Waals surface area contributed by atoms with Gasteiger partial charge in [0.25, 0.3) is 5.91 Å². The Balaban J connectivity index is 2.14. The number of rotatable bonds is 4. The van der Waals surface area contributed by atoms with Gasteiger partial charge in [0.2, 0.25) is 0 Å². The van der Waals surface area contributed by atoms with Crippen LogP contribution in [0.5, 0.6) is 11.5 Å². The molecular formula is C14H13ClN2O4. The molecule has 0 bridgehead atoms. The quantitative estimate of drug-likeness (QED) is 0.672. The van der Waals surface area contributed by atoms with Crippen molar-refractivity contribution in [3.63, 3.8) is 0 Å². The van der Waals surface area contributed by atoms with E-state index in [0.29, 0.717) is 21.9 Å². The van der Waals surface area contributed by atoms with Crippen molar-refractivity contribution in [3.05, 3.63) is 46.4 Å². The van der Waals surface area contributed by atoms with Crippen molar-refractivity contribution >= 4 is 23.7 Å². The molecular weight excluding hydrogens is 296 g/mol. The lowest BCUT2D eigenvalue weighted by molar-refractivity contribution is 0.0953. The average molecular weight is 309 g/mol. The van der Waals surface area contributed by atoms with Crippen LogP contribution in [0, 0.1) is 6.92 Å². The number of phenolic OH excluding ortho intramolecular Hbond substituents is 1. The summed E-state index contributed by atoms with van der Waals surface area (Å²) in [6, 6.07) is 4.51. The number of methoxy groups -OCH3 is 1. The Morgan fingerprint density at radius 1 is 1.52 bits per heavy atom. The maximum absolute atomic E-state index is 11.8. The molecule has 1 heterocycles. The molecule has 1 aromatic heterocycles. The lowest BCUT2D eigenvalue weighted by Crippen LogP contribution is -2.17. The molecule has 7 heteroatoms. The lowest BCUT2D eigenvalue weighted by atomic mass is 10.2. The number of phenols is 1. The summed E-state index contributed by atoms with van der Waals surface area (Å²) >= 11 is 5.89. The monoisotopic (exact) mass is 308 g/mol. The fourth-order valence-corrected chi connectivity index (χ4v) is 1.91. The predicted octanol–water partition coefficient (Wildman–Crippen LogP) is 2.72. The molecule has 0 atom stereocenters. The molecule has 0 radical (unpaired) electrons. The maximum Gasteiger partial charge on any atom is 0.274 e. The van der Waals surface area contributed by atoms with Crippen molar-refractivity contribution in [2.24, 2.45) is 5.10 Å². The maximum atomic E-state index is 11.8. The van der Waals surface area contributed by atoms with E-state index in [9.17, 15) is 9.90 Å². The fourth-order valence-electron chi connectivity index (χ4n) is 1.69. The zero-order valence-corrected chi connectivity index (χ0v) is 12.1. The molecule has 1 aromatic carbocycles. The van der Waals surface area contributed by atoms with E-state index in [1.807, 2.05) is 0 Å². The summed E-state index contributed by atoms with van der Waals surface area (Å²) in [6.45, 7) is 1.67. The lowest BCUT2D eigenvalue weighted by Gasteiger charge is -2.06. The van der Waals surface area contributed by atoms with Crippen LogP contribution in [0.25, 0.3) is 0 Å². The highest BCUT2D eigenvalue weighted by Gasteiger charge is 2.11. The van der Waals surface area contributed by atoms with E-state index in [4.69, 9.17) is 20.8 Å². The molecule has 21 heavy (non-hydrogen) atoms. The van der Waals surface area contributed by atoms with Gasteiger partial charge in [-0.05, 0) is 19.1 Å². The minimum Gasteiger partial charge on any atom is -0.504 e. The van der Waals surface area contributed by atoms with E-state index in [1.54, 1.807) is 13.0 Å². The van der Waals surface area contributed by atoms with Crippen molar-refractivity contribution in [1.82, 2.24) is 5.43 Å². The van der Waals surface area contributed by atoms with Gasteiger partial charge in [-0.15, -0.1) is 0 Å². The van der Waals surface area contributed by atoms with E-state index in [-0.39, 0.29) is 11.5 Å². The van der Waals surface area contributed by atoms with Gasteiger partial charge in [0.05, 0.1) is 25.2 Å². The first kappa shape index (κ1) is 14.9. The molecule has 1 amide bonds. The Kier molecular flexibility index (Phi) is 4.49.